The van der Waals surface area contributed by atoms with Crippen LogP contribution in [0.25, 0.3) is 0 Å². The first-order valence-electron chi connectivity index (χ1n) is 6.06. The minimum Gasteiger partial charge on any atom is -0.383 e. The van der Waals surface area contributed by atoms with E-state index in [0.29, 0.717) is 25.0 Å². The molecule has 0 spiro atoms. The third kappa shape index (κ3) is 3.78. The molecule has 2 aromatic rings. The zero-order valence-electron chi connectivity index (χ0n) is 11.2. The molecule has 0 aliphatic heterocycles. The summed E-state index contributed by atoms with van der Waals surface area (Å²) in [7, 11) is 1.56. The van der Waals surface area contributed by atoms with Crippen LogP contribution in [0.5, 0.6) is 0 Å². The lowest BCUT2D eigenvalue weighted by Gasteiger charge is -2.07. The number of carbonyl (C=O) groups is 1. The molecule has 0 atom stereocenters. The van der Waals surface area contributed by atoms with Gasteiger partial charge in [0.2, 0.25) is 0 Å². The molecule has 2 rings (SSSR count). The van der Waals surface area contributed by atoms with Crippen LogP contribution in [0.2, 0.25) is 0 Å². The number of halogens is 2. The van der Waals surface area contributed by atoms with Crippen molar-refractivity contribution in [1.82, 2.24) is 25.1 Å². The molecule has 1 amide bonds. The second-order valence-electron chi connectivity index (χ2n) is 4.10. The standard InChI is InChI=1S/C12H13F2N5O2/c1-21-3-2-19-7-17-18-10(19)6-16-12(20)11-9(14)4-8(13)5-15-11/h4-5,7H,2-3,6H2,1H3,(H,16,20). The van der Waals surface area contributed by atoms with Crippen LogP contribution in [0.15, 0.2) is 18.6 Å². The average molecular weight is 297 g/mol. The summed E-state index contributed by atoms with van der Waals surface area (Å²) in [6.45, 7) is 1.03. The van der Waals surface area contributed by atoms with Gasteiger partial charge in [0.15, 0.2) is 17.3 Å². The topological polar surface area (TPSA) is 81.9 Å². The quantitative estimate of drug-likeness (QED) is 0.841. The number of nitrogens with one attached hydrogen (secondary N) is 1. The molecule has 0 aliphatic rings. The number of pyridine rings is 1. The fourth-order valence-electron chi connectivity index (χ4n) is 1.62. The Morgan fingerprint density at radius 1 is 1.48 bits per heavy atom. The maximum Gasteiger partial charge on any atom is 0.273 e. The van der Waals surface area contributed by atoms with E-state index in [4.69, 9.17) is 4.74 Å². The lowest BCUT2D eigenvalue weighted by molar-refractivity contribution is 0.0939. The summed E-state index contributed by atoms with van der Waals surface area (Å²) in [4.78, 5) is 15.2. The lowest BCUT2D eigenvalue weighted by Crippen LogP contribution is -2.27. The predicted molar refractivity (Wildman–Crippen MR) is 67.2 cm³/mol. The van der Waals surface area contributed by atoms with Crippen molar-refractivity contribution >= 4 is 5.91 Å². The van der Waals surface area contributed by atoms with E-state index in [1.165, 1.54) is 6.33 Å². The second-order valence-corrected chi connectivity index (χ2v) is 4.10. The maximum atomic E-state index is 13.4. The van der Waals surface area contributed by atoms with Crippen molar-refractivity contribution < 1.29 is 18.3 Å². The van der Waals surface area contributed by atoms with E-state index < -0.39 is 23.2 Å². The van der Waals surface area contributed by atoms with Crippen LogP contribution >= 0.6 is 0 Å². The molecule has 2 aromatic heterocycles. The van der Waals surface area contributed by atoms with Crippen LogP contribution in [0, 0.1) is 11.6 Å². The zero-order chi connectivity index (χ0) is 15.2. The van der Waals surface area contributed by atoms with E-state index in [-0.39, 0.29) is 6.54 Å². The Balaban J connectivity index is 1.99. The third-order valence-electron chi connectivity index (χ3n) is 2.66. The number of amides is 1. The van der Waals surface area contributed by atoms with E-state index in [1.54, 1.807) is 11.7 Å². The first-order valence-corrected chi connectivity index (χ1v) is 6.06. The Labute approximate surface area is 119 Å². The number of methoxy groups -OCH3 is 1. The number of ether oxygens (including phenoxy) is 1. The number of carbonyl (C=O) groups excluding carboxylic acids is 1. The van der Waals surface area contributed by atoms with Crippen LogP contribution < -0.4 is 5.32 Å². The van der Waals surface area contributed by atoms with Gasteiger partial charge in [-0.15, -0.1) is 10.2 Å². The Hall–Kier alpha value is -2.42. The highest BCUT2D eigenvalue weighted by molar-refractivity contribution is 5.92. The van der Waals surface area contributed by atoms with E-state index in [0.717, 1.165) is 6.20 Å². The van der Waals surface area contributed by atoms with Crippen molar-refractivity contribution in [3.05, 3.63) is 41.7 Å². The van der Waals surface area contributed by atoms with Gasteiger partial charge < -0.3 is 14.6 Å². The first kappa shape index (κ1) is 15.0. The summed E-state index contributed by atoms with van der Waals surface area (Å²) in [6, 6.07) is 0.600. The lowest BCUT2D eigenvalue weighted by atomic mass is 10.3. The van der Waals surface area contributed by atoms with Gasteiger partial charge in [0.25, 0.3) is 5.91 Å². The van der Waals surface area contributed by atoms with Gasteiger partial charge >= 0.3 is 0 Å². The van der Waals surface area contributed by atoms with Gasteiger partial charge in [-0.05, 0) is 0 Å². The molecule has 0 aliphatic carbocycles. The minimum absolute atomic E-state index is 0.0427. The Morgan fingerprint density at radius 2 is 2.29 bits per heavy atom. The van der Waals surface area contributed by atoms with Crippen LogP contribution in [-0.2, 0) is 17.8 Å². The van der Waals surface area contributed by atoms with Gasteiger partial charge in [-0.3, -0.25) is 4.79 Å². The average Bonchev–Trinajstić information content (AvgIpc) is 2.90. The molecule has 0 radical (unpaired) electrons. The van der Waals surface area contributed by atoms with Crippen LogP contribution in [0.4, 0.5) is 8.78 Å². The van der Waals surface area contributed by atoms with Crippen molar-refractivity contribution in [3.63, 3.8) is 0 Å². The fraction of sp³-hybridized carbons (Fsp3) is 0.333. The SMILES string of the molecule is COCCn1cnnc1CNC(=O)c1ncc(F)cc1F. The third-order valence-corrected chi connectivity index (χ3v) is 2.66. The van der Waals surface area contributed by atoms with Crippen LogP contribution in [0.3, 0.4) is 0 Å². The van der Waals surface area contributed by atoms with E-state index in [1.807, 2.05) is 0 Å². The van der Waals surface area contributed by atoms with Crippen molar-refractivity contribution in [3.8, 4) is 0 Å². The largest absolute Gasteiger partial charge is 0.383 e. The molecule has 2 heterocycles. The highest BCUT2D eigenvalue weighted by Gasteiger charge is 2.15. The molecule has 0 saturated heterocycles. The van der Waals surface area contributed by atoms with Crippen molar-refractivity contribution in [2.75, 3.05) is 13.7 Å². The number of hydrogen-bond acceptors (Lipinski definition) is 5. The van der Waals surface area contributed by atoms with Gasteiger partial charge in [0.05, 0.1) is 19.3 Å². The molecule has 21 heavy (non-hydrogen) atoms. The van der Waals surface area contributed by atoms with E-state index in [9.17, 15) is 13.6 Å². The molecular weight excluding hydrogens is 284 g/mol. The molecule has 0 aromatic carbocycles. The highest BCUT2D eigenvalue weighted by Crippen LogP contribution is 2.06. The molecule has 7 nitrogen and oxygen atoms in total. The number of rotatable bonds is 6. The first-order chi connectivity index (χ1) is 10.1. The molecule has 0 saturated carbocycles. The Kier molecular flexibility index (Phi) is 4.88. The van der Waals surface area contributed by atoms with Crippen LogP contribution in [0.1, 0.15) is 16.3 Å². The van der Waals surface area contributed by atoms with E-state index >= 15 is 0 Å². The van der Waals surface area contributed by atoms with Gasteiger partial charge in [0, 0.05) is 19.7 Å². The van der Waals surface area contributed by atoms with Crippen molar-refractivity contribution in [2.24, 2.45) is 0 Å². The van der Waals surface area contributed by atoms with Crippen molar-refractivity contribution in [1.29, 1.82) is 0 Å². The Morgan fingerprint density at radius 3 is 3.00 bits per heavy atom. The predicted octanol–water partition coefficient (Wildman–Crippen LogP) is 0.528. The second kappa shape index (κ2) is 6.84. The molecule has 0 fully saturated rings. The van der Waals surface area contributed by atoms with Gasteiger partial charge in [-0.1, -0.05) is 0 Å². The van der Waals surface area contributed by atoms with Crippen LogP contribution in [-0.4, -0.2) is 39.4 Å². The number of aromatic nitrogens is 4. The molecule has 0 bridgehead atoms. The zero-order valence-corrected chi connectivity index (χ0v) is 11.2. The smallest absolute Gasteiger partial charge is 0.273 e. The molecule has 112 valence electrons. The van der Waals surface area contributed by atoms with E-state index in [2.05, 4.69) is 20.5 Å². The summed E-state index contributed by atoms with van der Waals surface area (Å²) in [6.07, 6.45) is 2.27. The normalized spacial score (nSPS) is 10.6. The summed E-state index contributed by atoms with van der Waals surface area (Å²) in [5.41, 5.74) is -0.473. The molecule has 9 heteroatoms. The number of nitrogens with zero attached hydrogens (tertiary/aromatic N) is 4. The summed E-state index contributed by atoms with van der Waals surface area (Å²) < 4.78 is 32.7. The molecule has 1 N–H and O–H groups in total. The Bertz CT molecular complexity index is 632. The van der Waals surface area contributed by atoms with Gasteiger partial charge in [-0.25, -0.2) is 13.8 Å². The monoisotopic (exact) mass is 297 g/mol. The van der Waals surface area contributed by atoms with Gasteiger partial charge in [-0.2, -0.15) is 0 Å². The highest BCUT2D eigenvalue weighted by atomic mass is 19.1. The fourth-order valence-corrected chi connectivity index (χ4v) is 1.62. The van der Waals surface area contributed by atoms with Crippen molar-refractivity contribution in [2.45, 2.75) is 13.1 Å². The maximum absolute atomic E-state index is 13.4. The molecule has 0 unspecified atom stereocenters. The summed E-state index contributed by atoms with van der Waals surface area (Å²) in [5, 5.41) is 10.0. The summed E-state index contributed by atoms with van der Waals surface area (Å²) in [5.74, 6) is -2.13. The van der Waals surface area contributed by atoms with Gasteiger partial charge in [0.1, 0.15) is 12.1 Å². The minimum atomic E-state index is -1.02. The molecular formula is C12H13F2N5O2. The summed E-state index contributed by atoms with van der Waals surface area (Å²) >= 11 is 0. The number of hydrogen-bond donors (Lipinski definition) is 1.